The highest BCUT2D eigenvalue weighted by Gasteiger charge is 2.43. The van der Waals surface area contributed by atoms with Gasteiger partial charge in [0.25, 0.3) is 0 Å². The summed E-state index contributed by atoms with van der Waals surface area (Å²) < 4.78 is 10.4. The van der Waals surface area contributed by atoms with Gasteiger partial charge in [0.1, 0.15) is 0 Å². The fourth-order valence-corrected chi connectivity index (χ4v) is 3.65. The predicted molar refractivity (Wildman–Crippen MR) is 110 cm³/mol. The fourth-order valence-electron chi connectivity index (χ4n) is 3.65. The van der Waals surface area contributed by atoms with Crippen molar-refractivity contribution in [3.63, 3.8) is 0 Å². The number of benzene rings is 1. The van der Waals surface area contributed by atoms with Crippen molar-refractivity contribution in [1.82, 2.24) is 5.32 Å². The standard InChI is InChI=1S/C23H37NO3/c1-4-6-7-8-9-16-24-18-23(14-15-23)20-12-10-19(11-13-20)17-21(27-5-2)22(25)26-3/h10-13,21,24H,4-9,14-18H2,1-3H3. The number of rotatable bonds is 14. The maximum absolute atomic E-state index is 11.8. The number of carbonyl (C=O) groups excluding carboxylic acids is 1. The van der Waals surface area contributed by atoms with Gasteiger partial charge in [-0.05, 0) is 43.9 Å². The van der Waals surface area contributed by atoms with Crippen LogP contribution in [0.25, 0.3) is 0 Å². The van der Waals surface area contributed by atoms with Crippen LogP contribution in [0.5, 0.6) is 0 Å². The van der Waals surface area contributed by atoms with Gasteiger partial charge >= 0.3 is 5.97 Å². The molecule has 1 unspecified atom stereocenters. The summed E-state index contributed by atoms with van der Waals surface area (Å²) in [6.07, 6.45) is 9.20. The summed E-state index contributed by atoms with van der Waals surface area (Å²) >= 11 is 0. The number of methoxy groups -OCH3 is 1. The van der Waals surface area contributed by atoms with Crippen molar-refractivity contribution < 1.29 is 14.3 Å². The Bertz CT molecular complexity index is 551. The molecule has 0 aliphatic heterocycles. The molecule has 1 aromatic carbocycles. The first kappa shape index (κ1) is 21.9. The van der Waals surface area contributed by atoms with Gasteiger partial charge in [-0.25, -0.2) is 4.79 Å². The van der Waals surface area contributed by atoms with E-state index >= 15 is 0 Å². The van der Waals surface area contributed by atoms with Gasteiger partial charge in [0.05, 0.1) is 7.11 Å². The summed E-state index contributed by atoms with van der Waals surface area (Å²) in [5.74, 6) is -0.303. The van der Waals surface area contributed by atoms with E-state index in [-0.39, 0.29) is 5.97 Å². The third-order valence-corrected chi connectivity index (χ3v) is 5.59. The highest BCUT2D eigenvalue weighted by atomic mass is 16.6. The minimum Gasteiger partial charge on any atom is -0.467 e. The highest BCUT2D eigenvalue weighted by Crippen LogP contribution is 2.47. The van der Waals surface area contributed by atoms with E-state index in [1.54, 1.807) is 0 Å². The van der Waals surface area contributed by atoms with E-state index in [0.717, 1.165) is 18.7 Å². The van der Waals surface area contributed by atoms with Gasteiger partial charge in [0.15, 0.2) is 6.10 Å². The molecule has 2 rings (SSSR count). The van der Waals surface area contributed by atoms with Crippen LogP contribution < -0.4 is 5.32 Å². The molecule has 4 nitrogen and oxygen atoms in total. The molecule has 1 saturated carbocycles. The molecule has 0 radical (unpaired) electrons. The Labute approximate surface area is 165 Å². The molecule has 1 fully saturated rings. The number of hydrogen-bond acceptors (Lipinski definition) is 4. The second-order valence-corrected chi connectivity index (χ2v) is 7.74. The molecule has 0 bridgehead atoms. The molecular formula is C23H37NO3. The molecule has 0 aromatic heterocycles. The lowest BCUT2D eigenvalue weighted by molar-refractivity contribution is -0.153. The van der Waals surface area contributed by atoms with Gasteiger partial charge in [0, 0.05) is 25.0 Å². The van der Waals surface area contributed by atoms with Gasteiger partial charge in [-0.15, -0.1) is 0 Å². The molecule has 152 valence electrons. The zero-order valence-electron chi connectivity index (χ0n) is 17.4. The van der Waals surface area contributed by atoms with E-state index in [0.29, 0.717) is 18.4 Å². The van der Waals surface area contributed by atoms with Crippen molar-refractivity contribution in [3.05, 3.63) is 35.4 Å². The quantitative estimate of drug-likeness (QED) is 0.387. The third kappa shape index (κ3) is 6.93. The molecule has 1 aromatic rings. The van der Waals surface area contributed by atoms with Crippen molar-refractivity contribution >= 4 is 5.97 Å². The Morgan fingerprint density at radius 3 is 2.41 bits per heavy atom. The lowest BCUT2D eigenvalue weighted by Gasteiger charge is -2.18. The molecule has 1 aliphatic carbocycles. The average molecular weight is 376 g/mol. The predicted octanol–water partition coefficient (Wildman–Crippen LogP) is 4.40. The normalized spacial score (nSPS) is 16.1. The largest absolute Gasteiger partial charge is 0.467 e. The summed E-state index contributed by atoms with van der Waals surface area (Å²) in [6.45, 7) is 6.85. The van der Waals surface area contributed by atoms with E-state index in [4.69, 9.17) is 9.47 Å². The molecule has 0 amide bonds. The van der Waals surface area contributed by atoms with Crippen LogP contribution in [-0.4, -0.2) is 38.9 Å². The van der Waals surface area contributed by atoms with Crippen molar-refractivity contribution in [3.8, 4) is 0 Å². The highest BCUT2D eigenvalue weighted by molar-refractivity contribution is 5.75. The van der Waals surface area contributed by atoms with Crippen LogP contribution in [0.1, 0.15) is 69.9 Å². The van der Waals surface area contributed by atoms with E-state index in [1.807, 2.05) is 6.92 Å². The van der Waals surface area contributed by atoms with Gasteiger partial charge in [-0.1, -0.05) is 56.9 Å². The summed E-state index contributed by atoms with van der Waals surface area (Å²) in [7, 11) is 1.41. The Morgan fingerprint density at radius 2 is 1.81 bits per heavy atom. The van der Waals surface area contributed by atoms with Crippen molar-refractivity contribution in [2.24, 2.45) is 0 Å². The number of nitrogens with one attached hydrogen (secondary N) is 1. The molecule has 0 saturated heterocycles. The van der Waals surface area contributed by atoms with Crippen molar-refractivity contribution in [1.29, 1.82) is 0 Å². The van der Waals surface area contributed by atoms with Crippen LogP contribution in [-0.2, 0) is 26.1 Å². The minimum absolute atomic E-state index is 0.303. The topological polar surface area (TPSA) is 47.6 Å². The number of ether oxygens (including phenoxy) is 2. The first-order valence-electron chi connectivity index (χ1n) is 10.6. The Balaban J connectivity index is 1.80. The summed E-state index contributed by atoms with van der Waals surface area (Å²) in [5.41, 5.74) is 2.85. The van der Waals surface area contributed by atoms with Gasteiger partial charge < -0.3 is 14.8 Å². The average Bonchev–Trinajstić information content (AvgIpc) is 3.48. The van der Waals surface area contributed by atoms with Crippen molar-refractivity contribution in [2.75, 3.05) is 26.8 Å². The lowest BCUT2D eigenvalue weighted by Crippen LogP contribution is -2.28. The van der Waals surface area contributed by atoms with Gasteiger partial charge in [-0.3, -0.25) is 0 Å². The molecular weight excluding hydrogens is 338 g/mol. The van der Waals surface area contributed by atoms with E-state index in [2.05, 4.69) is 36.5 Å². The zero-order valence-corrected chi connectivity index (χ0v) is 17.4. The first-order chi connectivity index (χ1) is 13.1. The molecule has 1 aliphatic rings. The van der Waals surface area contributed by atoms with E-state index in [1.165, 1.54) is 57.6 Å². The second-order valence-electron chi connectivity index (χ2n) is 7.74. The zero-order chi connectivity index (χ0) is 19.5. The lowest BCUT2D eigenvalue weighted by atomic mass is 9.94. The van der Waals surface area contributed by atoms with Crippen LogP contribution in [0, 0.1) is 0 Å². The number of hydrogen-bond donors (Lipinski definition) is 1. The van der Waals surface area contributed by atoms with E-state index in [9.17, 15) is 4.79 Å². The molecule has 4 heteroatoms. The summed E-state index contributed by atoms with van der Waals surface area (Å²) in [5, 5.41) is 3.67. The number of esters is 1. The first-order valence-corrected chi connectivity index (χ1v) is 10.6. The second kappa shape index (κ2) is 11.5. The van der Waals surface area contributed by atoms with Crippen LogP contribution in [0.15, 0.2) is 24.3 Å². The van der Waals surface area contributed by atoms with Crippen LogP contribution >= 0.6 is 0 Å². The minimum atomic E-state index is -0.518. The maximum atomic E-state index is 11.8. The summed E-state index contributed by atoms with van der Waals surface area (Å²) in [4.78, 5) is 11.8. The molecule has 27 heavy (non-hydrogen) atoms. The van der Waals surface area contributed by atoms with Crippen LogP contribution in [0.2, 0.25) is 0 Å². The Morgan fingerprint density at radius 1 is 1.11 bits per heavy atom. The monoisotopic (exact) mass is 375 g/mol. The van der Waals surface area contributed by atoms with Gasteiger partial charge in [-0.2, -0.15) is 0 Å². The molecule has 1 N–H and O–H groups in total. The van der Waals surface area contributed by atoms with E-state index < -0.39 is 6.10 Å². The summed E-state index contributed by atoms with van der Waals surface area (Å²) in [6, 6.07) is 8.72. The third-order valence-electron chi connectivity index (χ3n) is 5.59. The van der Waals surface area contributed by atoms with Gasteiger partial charge in [0.2, 0.25) is 0 Å². The molecule has 0 heterocycles. The number of unbranched alkanes of at least 4 members (excludes halogenated alkanes) is 4. The molecule has 0 spiro atoms. The van der Waals surface area contributed by atoms with Crippen molar-refractivity contribution in [2.45, 2.75) is 76.7 Å². The Hall–Kier alpha value is -1.39. The van der Waals surface area contributed by atoms with Crippen LogP contribution in [0.3, 0.4) is 0 Å². The Kier molecular flexibility index (Phi) is 9.29. The maximum Gasteiger partial charge on any atom is 0.335 e. The van der Waals surface area contributed by atoms with Crippen LogP contribution in [0.4, 0.5) is 0 Å². The fraction of sp³-hybridized carbons (Fsp3) is 0.696. The number of carbonyl (C=O) groups is 1. The molecule has 1 atom stereocenters. The SMILES string of the molecule is CCCCCCCNCC1(c2ccc(CC(OCC)C(=O)OC)cc2)CC1. The smallest absolute Gasteiger partial charge is 0.335 e.